The van der Waals surface area contributed by atoms with Crippen LogP contribution in [0.15, 0.2) is 6.20 Å². The van der Waals surface area contributed by atoms with Crippen LogP contribution in [0.4, 0.5) is 0 Å². The van der Waals surface area contributed by atoms with Gasteiger partial charge in [0.1, 0.15) is 0 Å². The first-order valence-corrected chi connectivity index (χ1v) is 4.43. The average Bonchev–Trinajstić information content (AvgIpc) is 2.47. The highest BCUT2D eigenvalue weighted by Crippen LogP contribution is 2.01. The molecular weight excluding hydrogens is 210 g/mol. The zero-order valence-corrected chi connectivity index (χ0v) is 7.91. The molecule has 1 rings (SSSR count). The summed E-state index contributed by atoms with van der Waals surface area (Å²) < 4.78 is 6.73. The standard InChI is InChI=1S/C6H10BrN3O/c1-11-3-2-10-6(4-7)5-8-9-10/h5H,2-4H2,1H3. The molecule has 0 aliphatic carbocycles. The van der Waals surface area contributed by atoms with Gasteiger partial charge in [-0.25, -0.2) is 4.68 Å². The van der Waals surface area contributed by atoms with E-state index in [9.17, 15) is 0 Å². The molecule has 0 saturated carbocycles. The molecule has 0 fully saturated rings. The minimum Gasteiger partial charge on any atom is -0.383 e. The molecule has 1 aromatic heterocycles. The molecule has 1 aromatic rings. The normalized spacial score (nSPS) is 10.4. The van der Waals surface area contributed by atoms with Gasteiger partial charge < -0.3 is 4.74 Å². The number of ether oxygens (including phenoxy) is 1. The van der Waals surface area contributed by atoms with E-state index >= 15 is 0 Å². The minimum atomic E-state index is 0.670. The molecular formula is C6H10BrN3O. The summed E-state index contributed by atoms with van der Waals surface area (Å²) in [4.78, 5) is 0. The summed E-state index contributed by atoms with van der Waals surface area (Å²) in [6.45, 7) is 1.43. The van der Waals surface area contributed by atoms with E-state index in [1.54, 1.807) is 13.3 Å². The maximum Gasteiger partial charge on any atom is 0.0733 e. The van der Waals surface area contributed by atoms with E-state index in [1.165, 1.54) is 0 Å². The number of aromatic nitrogens is 3. The van der Waals surface area contributed by atoms with Crippen LogP contribution >= 0.6 is 15.9 Å². The Labute approximate surface area is 73.7 Å². The van der Waals surface area contributed by atoms with Crippen molar-refractivity contribution in [3.8, 4) is 0 Å². The molecule has 0 N–H and O–H groups in total. The summed E-state index contributed by atoms with van der Waals surface area (Å²) in [5.74, 6) is 0. The van der Waals surface area contributed by atoms with Crippen molar-refractivity contribution in [2.45, 2.75) is 11.9 Å². The summed E-state index contributed by atoms with van der Waals surface area (Å²) >= 11 is 3.34. The molecule has 0 aliphatic heterocycles. The Kier molecular flexibility index (Phi) is 3.51. The SMILES string of the molecule is COCCn1nncc1CBr. The van der Waals surface area contributed by atoms with Crippen molar-refractivity contribution in [3.63, 3.8) is 0 Å². The Balaban J connectivity index is 2.54. The van der Waals surface area contributed by atoms with Gasteiger partial charge in [0, 0.05) is 12.4 Å². The smallest absolute Gasteiger partial charge is 0.0733 e. The van der Waals surface area contributed by atoms with Crippen LogP contribution in [-0.4, -0.2) is 28.7 Å². The second-order valence-electron chi connectivity index (χ2n) is 2.07. The molecule has 0 aliphatic rings. The Morgan fingerprint density at radius 3 is 3.18 bits per heavy atom. The van der Waals surface area contributed by atoms with Gasteiger partial charge in [0.2, 0.25) is 0 Å². The maximum absolute atomic E-state index is 4.91. The predicted octanol–water partition coefficient (Wildman–Crippen LogP) is 0.819. The maximum atomic E-state index is 4.91. The van der Waals surface area contributed by atoms with E-state index in [0.717, 1.165) is 17.6 Å². The highest BCUT2D eigenvalue weighted by molar-refractivity contribution is 9.08. The summed E-state index contributed by atoms with van der Waals surface area (Å²) in [6, 6.07) is 0. The number of hydrogen-bond acceptors (Lipinski definition) is 3. The van der Waals surface area contributed by atoms with E-state index in [4.69, 9.17) is 4.74 Å². The van der Waals surface area contributed by atoms with Crippen molar-refractivity contribution < 1.29 is 4.74 Å². The largest absolute Gasteiger partial charge is 0.383 e. The third kappa shape index (κ3) is 2.27. The molecule has 0 radical (unpaired) electrons. The molecule has 4 nitrogen and oxygen atoms in total. The van der Waals surface area contributed by atoms with Crippen LogP contribution in [0.2, 0.25) is 0 Å². The van der Waals surface area contributed by atoms with Crippen LogP contribution in [0.25, 0.3) is 0 Å². The van der Waals surface area contributed by atoms with Gasteiger partial charge in [0.25, 0.3) is 0 Å². The van der Waals surface area contributed by atoms with Crippen molar-refractivity contribution in [2.24, 2.45) is 0 Å². The molecule has 0 atom stereocenters. The highest BCUT2D eigenvalue weighted by Gasteiger charge is 1.99. The van der Waals surface area contributed by atoms with Gasteiger partial charge in [-0.3, -0.25) is 0 Å². The van der Waals surface area contributed by atoms with Gasteiger partial charge in [0.05, 0.1) is 25.0 Å². The monoisotopic (exact) mass is 219 g/mol. The van der Waals surface area contributed by atoms with Gasteiger partial charge in [-0.2, -0.15) is 0 Å². The van der Waals surface area contributed by atoms with Gasteiger partial charge in [-0.05, 0) is 0 Å². The van der Waals surface area contributed by atoms with Crippen molar-refractivity contribution >= 4 is 15.9 Å². The lowest BCUT2D eigenvalue weighted by Crippen LogP contribution is -2.08. The fourth-order valence-corrected chi connectivity index (χ4v) is 1.18. The van der Waals surface area contributed by atoms with E-state index in [-0.39, 0.29) is 0 Å². The molecule has 0 aromatic carbocycles. The fourth-order valence-electron chi connectivity index (χ4n) is 0.748. The third-order valence-corrected chi connectivity index (χ3v) is 1.92. The van der Waals surface area contributed by atoms with Crippen molar-refractivity contribution in [1.82, 2.24) is 15.0 Å². The van der Waals surface area contributed by atoms with Crippen LogP contribution in [0.1, 0.15) is 5.69 Å². The zero-order chi connectivity index (χ0) is 8.10. The van der Waals surface area contributed by atoms with Crippen molar-refractivity contribution in [2.75, 3.05) is 13.7 Å². The summed E-state index contributed by atoms with van der Waals surface area (Å²) in [6.07, 6.45) is 1.74. The number of alkyl halides is 1. The second-order valence-corrected chi connectivity index (χ2v) is 2.64. The first kappa shape index (κ1) is 8.67. The zero-order valence-electron chi connectivity index (χ0n) is 6.33. The number of nitrogens with zero attached hydrogens (tertiary/aromatic N) is 3. The second kappa shape index (κ2) is 4.46. The van der Waals surface area contributed by atoms with Crippen LogP contribution in [0.5, 0.6) is 0 Å². The molecule has 11 heavy (non-hydrogen) atoms. The Bertz CT molecular complexity index is 213. The molecule has 0 spiro atoms. The lowest BCUT2D eigenvalue weighted by molar-refractivity contribution is 0.182. The van der Waals surface area contributed by atoms with E-state index in [1.807, 2.05) is 4.68 Å². The quantitative estimate of drug-likeness (QED) is 0.705. The molecule has 0 saturated heterocycles. The van der Waals surface area contributed by atoms with E-state index < -0.39 is 0 Å². The Hall–Kier alpha value is -0.420. The van der Waals surface area contributed by atoms with Crippen LogP contribution in [0, 0.1) is 0 Å². The number of methoxy groups -OCH3 is 1. The molecule has 5 heteroatoms. The number of hydrogen-bond donors (Lipinski definition) is 0. The summed E-state index contributed by atoms with van der Waals surface area (Å²) in [5, 5.41) is 8.44. The molecule has 0 amide bonds. The molecule has 1 heterocycles. The van der Waals surface area contributed by atoms with Crippen LogP contribution < -0.4 is 0 Å². The van der Waals surface area contributed by atoms with E-state index in [0.29, 0.717) is 6.61 Å². The van der Waals surface area contributed by atoms with Crippen LogP contribution in [0.3, 0.4) is 0 Å². The van der Waals surface area contributed by atoms with Gasteiger partial charge in [0.15, 0.2) is 0 Å². The molecule has 62 valence electrons. The third-order valence-electron chi connectivity index (χ3n) is 1.34. The van der Waals surface area contributed by atoms with Gasteiger partial charge in [-0.1, -0.05) is 21.1 Å². The topological polar surface area (TPSA) is 39.9 Å². The fraction of sp³-hybridized carbons (Fsp3) is 0.667. The van der Waals surface area contributed by atoms with E-state index in [2.05, 4.69) is 26.2 Å². The summed E-state index contributed by atoms with van der Waals surface area (Å²) in [7, 11) is 1.67. The molecule has 0 unspecified atom stereocenters. The first-order valence-electron chi connectivity index (χ1n) is 3.30. The van der Waals surface area contributed by atoms with Crippen molar-refractivity contribution in [1.29, 1.82) is 0 Å². The number of rotatable bonds is 4. The Morgan fingerprint density at radius 1 is 1.73 bits per heavy atom. The lowest BCUT2D eigenvalue weighted by atomic mass is 10.5. The molecule has 0 bridgehead atoms. The average molecular weight is 220 g/mol. The number of halogens is 1. The highest BCUT2D eigenvalue weighted by atomic mass is 79.9. The first-order chi connectivity index (χ1) is 5.38. The van der Waals surface area contributed by atoms with Crippen molar-refractivity contribution in [3.05, 3.63) is 11.9 Å². The predicted molar refractivity (Wildman–Crippen MR) is 44.5 cm³/mol. The lowest BCUT2D eigenvalue weighted by Gasteiger charge is -2.01. The Morgan fingerprint density at radius 2 is 2.55 bits per heavy atom. The minimum absolute atomic E-state index is 0.670. The summed E-state index contributed by atoms with van der Waals surface area (Å²) in [5.41, 5.74) is 1.07. The van der Waals surface area contributed by atoms with Crippen LogP contribution in [-0.2, 0) is 16.6 Å². The van der Waals surface area contributed by atoms with Gasteiger partial charge >= 0.3 is 0 Å². The van der Waals surface area contributed by atoms with Gasteiger partial charge in [-0.15, -0.1) is 5.10 Å².